The Hall–Kier alpha value is -1.09. The number of nitrogens with zero attached hydrogens (tertiary/aromatic N) is 2. The fraction of sp³-hybridized carbons (Fsp3) is 0.562. The molecule has 104 valence electrons. The summed E-state index contributed by atoms with van der Waals surface area (Å²) in [7, 11) is -1.43. The summed E-state index contributed by atoms with van der Waals surface area (Å²) in [5, 5.41) is 0. The average molecular weight is 274 g/mol. The second-order valence-electron chi connectivity index (χ2n) is 5.58. The van der Waals surface area contributed by atoms with Crippen molar-refractivity contribution in [3.63, 3.8) is 0 Å². The molecule has 1 heterocycles. The summed E-state index contributed by atoms with van der Waals surface area (Å²) in [5.41, 5.74) is 2.51. The van der Waals surface area contributed by atoms with Crippen molar-refractivity contribution in [1.29, 1.82) is 0 Å². The van der Waals surface area contributed by atoms with Crippen LogP contribution in [0.3, 0.4) is 0 Å². The maximum atomic E-state index is 4.63. The molecule has 0 atom stereocenters. The van der Waals surface area contributed by atoms with Gasteiger partial charge in [-0.2, -0.15) is 0 Å². The molecule has 0 saturated heterocycles. The molecule has 0 fully saturated rings. The van der Waals surface area contributed by atoms with Gasteiger partial charge in [0, 0.05) is 0 Å². The number of hydrogen-bond acceptors (Lipinski definition) is 1. The van der Waals surface area contributed by atoms with Crippen LogP contribution < -0.4 is 0 Å². The number of para-hydroxylation sites is 2. The smallest absolute Gasteiger partial charge is 0.163 e. The van der Waals surface area contributed by atoms with E-state index in [4.69, 9.17) is 0 Å². The van der Waals surface area contributed by atoms with E-state index in [2.05, 4.69) is 60.6 Å². The van der Waals surface area contributed by atoms with Gasteiger partial charge in [-0.05, 0) is 30.3 Å². The number of aromatic nitrogens is 2. The predicted octanol–water partition coefficient (Wildman–Crippen LogP) is 5.06. The van der Waals surface area contributed by atoms with E-state index in [0.717, 1.165) is 5.52 Å². The summed E-state index contributed by atoms with van der Waals surface area (Å²) < 4.78 is 2.60. The van der Waals surface area contributed by atoms with E-state index in [0.29, 0.717) is 0 Å². The SMILES string of the molecule is CCC[Si](CCC)(CCC)n1cnc2ccccc21. The minimum atomic E-state index is -1.43. The second kappa shape index (κ2) is 6.37. The molecule has 2 aromatic rings. The molecule has 19 heavy (non-hydrogen) atoms. The third kappa shape index (κ3) is 2.76. The van der Waals surface area contributed by atoms with Crippen molar-refractivity contribution in [2.24, 2.45) is 0 Å². The summed E-state index contributed by atoms with van der Waals surface area (Å²) in [5.74, 6) is 0. The van der Waals surface area contributed by atoms with Gasteiger partial charge in [0.25, 0.3) is 0 Å². The molecular formula is C16H26N2Si. The van der Waals surface area contributed by atoms with Crippen molar-refractivity contribution < 1.29 is 0 Å². The first-order chi connectivity index (χ1) is 9.27. The van der Waals surface area contributed by atoms with Gasteiger partial charge in [-0.1, -0.05) is 52.2 Å². The van der Waals surface area contributed by atoms with Crippen LogP contribution in [0.25, 0.3) is 11.0 Å². The molecular weight excluding hydrogens is 248 g/mol. The van der Waals surface area contributed by atoms with Gasteiger partial charge in [-0.15, -0.1) is 0 Å². The van der Waals surface area contributed by atoms with Crippen LogP contribution >= 0.6 is 0 Å². The molecule has 0 saturated carbocycles. The van der Waals surface area contributed by atoms with Gasteiger partial charge in [0.2, 0.25) is 0 Å². The number of imidazole rings is 1. The first kappa shape index (κ1) is 14.3. The summed E-state index contributed by atoms with van der Waals surface area (Å²) in [6, 6.07) is 12.8. The van der Waals surface area contributed by atoms with E-state index >= 15 is 0 Å². The maximum absolute atomic E-state index is 4.63. The minimum Gasteiger partial charge on any atom is -0.358 e. The van der Waals surface area contributed by atoms with Crippen molar-refractivity contribution in [3.8, 4) is 0 Å². The van der Waals surface area contributed by atoms with Gasteiger partial charge in [0.05, 0.1) is 17.4 Å². The molecule has 0 aliphatic carbocycles. The fourth-order valence-corrected chi connectivity index (χ4v) is 8.74. The van der Waals surface area contributed by atoms with Crippen LogP contribution in [0.1, 0.15) is 40.0 Å². The molecule has 3 heteroatoms. The Morgan fingerprint density at radius 2 is 1.53 bits per heavy atom. The summed E-state index contributed by atoms with van der Waals surface area (Å²) in [4.78, 5) is 4.63. The first-order valence-electron chi connectivity index (χ1n) is 7.70. The van der Waals surface area contributed by atoms with E-state index < -0.39 is 8.24 Å². The third-order valence-electron chi connectivity index (χ3n) is 4.11. The summed E-state index contributed by atoms with van der Waals surface area (Å²) in [6.07, 6.45) is 5.99. The van der Waals surface area contributed by atoms with Crippen molar-refractivity contribution in [3.05, 3.63) is 30.6 Å². The fourth-order valence-electron chi connectivity index (χ4n) is 3.47. The molecule has 1 aromatic carbocycles. The molecule has 0 radical (unpaired) electrons. The Balaban J connectivity index is 2.52. The van der Waals surface area contributed by atoms with E-state index in [1.807, 2.05) is 0 Å². The van der Waals surface area contributed by atoms with Crippen molar-refractivity contribution in [2.75, 3.05) is 0 Å². The standard InChI is InChI=1S/C16H26N2Si/c1-4-11-19(12-5-2,13-6-3)18-14-17-15-9-7-8-10-16(15)18/h7-10,14H,4-6,11-13H2,1-3H3. The molecule has 0 bridgehead atoms. The molecule has 0 aliphatic rings. The first-order valence-corrected chi connectivity index (χ1v) is 10.3. The van der Waals surface area contributed by atoms with Gasteiger partial charge in [-0.25, -0.2) is 4.98 Å². The number of benzene rings is 1. The van der Waals surface area contributed by atoms with Crippen LogP contribution in [0.15, 0.2) is 30.6 Å². The predicted molar refractivity (Wildman–Crippen MR) is 86.2 cm³/mol. The van der Waals surface area contributed by atoms with E-state index in [1.54, 1.807) is 0 Å². The monoisotopic (exact) mass is 274 g/mol. The van der Waals surface area contributed by atoms with Crippen LogP contribution in [0.4, 0.5) is 0 Å². The van der Waals surface area contributed by atoms with Gasteiger partial charge >= 0.3 is 0 Å². The van der Waals surface area contributed by atoms with Gasteiger partial charge in [0.1, 0.15) is 0 Å². The van der Waals surface area contributed by atoms with Gasteiger partial charge < -0.3 is 4.23 Å². The molecule has 0 spiro atoms. The van der Waals surface area contributed by atoms with Gasteiger partial charge in [0.15, 0.2) is 8.24 Å². The third-order valence-corrected chi connectivity index (χ3v) is 9.78. The second-order valence-corrected chi connectivity index (χ2v) is 10.0. The minimum absolute atomic E-state index is 1.16. The highest BCUT2D eigenvalue weighted by molar-refractivity contribution is 6.79. The lowest BCUT2D eigenvalue weighted by molar-refractivity contribution is 0.875. The van der Waals surface area contributed by atoms with Crippen molar-refractivity contribution >= 4 is 19.3 Å². The van der Waals surface area contributed by atoms with Crippen molar-refractivity contribution in [2.45, 2.75) is 58.2 Å². The topological polar surface area (TPSA) is 17.8 Å². The Kier molecular flexibility index (Phi) is 4.80. The Morgan fingerprint density at radius 3 is 2.11 bits per heavy atom. The Bertz CT molecular complexity index is 501. The zero-order valence-electron chi connectivity index (χ0n) is 12.5. The highest BCUT2D eigenvalue weighted by Crippen LogP contribution is 2.30. The maximum Gasteiger partial charge on any atom is 0.163 e. The van der Waals surface area contributed by atoms with E-state index in [1.165, 1.54) is 42.9 Å². The Labute approximate surface area is 117 Å². The molecule has 0 N–H and O–H groups in total. The summed E-state index contributed by atoms with van der Waals surface area (Å²) in [6.45, 7) is 6.98. The normalized spacial score (nSPS) is 12.2. The molecule has 1 aromatic heterocycles. The van der Waals surface area contributed by atoms with Crippen LogP contribution in [0, 0.1) is 0 Å². The van der Waals surface area contributed by atoms with E-state index in [9.17, 15) is 0 Å². The van der Waals surface area contributed by atoms with Crippen LogP contribution in [-0.2, 0) is 0 Å². The highest BCUT2D eigenvalue weighted by atomic mass is 28.3. The van der Waals surface area contributed by atoms with Gasteiger partial charge in [-0.3, -0.25) is 0 Å². The van der Waals surface area contributed by atoms with Crippen molar-refractivity contribution in [1.82, 2.24) is 9.22 Å². The number of rotatable bonds is 7. The quantitative estimate of drug-likeness (QED) is 0.645. The molecule has 2 nitrogen and oxygen atoms in total. The average Bonchev–Trinajstić information content (AvgIpc) is 2.84. The molecule has 2 rings (SSSR count). The summed E-state index contributed by atoms with van der Waals surface area (Å²) >= 11 is 0. The van der Waals surface area contributed by atoms with Crippen LogP contribution in [-0.4, -0.2) is 17.5 Å². The molecule has 0 aliphatic heterocycles. The lowest BCUT2D eigenvalue weighted by Gasteiger charge is -2.33. The lowest BCUT2D eigenvalue weighted by Crippen LogP contribution is -2.42. The molecule has 0 amide bonds. The number of hydrogen-bond donors (Lipinski definition) is 0. The Morgan fingerprint density at radius 1 is 0.947 bits per heavy atom. The zero-order chi connectivity index (χ0) is 13.7. The van der Waals surface area contributed by atoms with E-state index in [-0.39, 0.29) is 0 Å². The van der Waals surface area contributed by atoms with Crippen LogP contribution in [0.5, 0.6) is 0 Å². The highest BCUT2D eigenvalue weighted by Gasteiger charge is 2.33. The molecule has 0 unspecified atom stereocenters. The lowest BCUT2D eigenvalue weighted by atomic mass is 10.3. The largest absolute Gasteiger partial charge is 0.358 e. The van der Waals surface area contributed by atoms with Crippen LogP contribution in [0.2, 0.25) is 18.1 Å². The number of fused-ring (bicyclic) bond motifs is 1. The zero-order valence-corrected chi connectivity index (χ0v) is 13.5.